The van der Waals surface area contributed by atoms with E-state index in [1.165, 1.54) is 12.8 Å². The summed E-state index contributed by atoms with van der Waals surface area (Å²) >= 11 is 0. The van der Waals surface area contributed by atoms with Crippen LogP contribution in [0.15, 0.2) is 30.2 Å². The van der Waals surface area contributed by atoms with E-state index in [2.05, 4.69) is 18.7 Å². The van der Waals surface area contributed by atoms with E-state index in [-0.39, 0.29) is 0 Å². The fourth-order valence-electron chi connectivity index (χ4n) is 0.585. The van der Waals surface area contributed by atoms with Crippen molar-refractivity contribution < 1.29 is 5.11 Å². The third-order valence-electron chi connectivity index (χ3n) is 1.13. The molecule has 0 aromatic carbocycles. The first-order valence-corrected chi connectivity index (χ1v) is 3.62. The van der Waals surface area contributed by atoms with Crippen molar-refractivity contribution in [2.45, 2.75) is 26.2 Å². The van der Waals surface area contributed by atoms with Gasteiger partial charge in [-0.1, -0.05) is 37.6 Å². The van der Waals surface area contributed by atoms with Crippen molar-refractivity contribution in [1.82, 2.24) is 0 Å². The smallest absolute Gasteiger partial charge is 0.121 e. The van der Waals surface area contributed by atoms with E-state index in [1.807, 2.05) is 6.08 Å². The molecular weight excluding hydrogens is 124 g/mol. The zero-order valence-electron chi connectivity index (χ0n) is 6.38. The van der Waals surface area contributed by atoms with E-state index in [0.29, 0.717) is 0 Å². The Morgan fingerprint density at radius 3 is 2.90 bits per heavy atom. The Bertz CT molecular complexity index is 139. The quantitative estimate of drug-likeness (QED) is 0.274. The molecule has 0 aromatic rings. The predicted molar refractivity (Wildman–Crippen MR) is 43.9 cm³/mol. The molecule has 56 valence electrons. The normalized spacial score (nSPS) is 9.30. The Labute approximate surface area is 62.4 Å². The standard InChI is InChI=1S/C9H14O/c1-2-3-4-5-6-7-8-9-10/h5-7,9-10H,2-4H2,1H3. The molecule has 0 saturated carbocycles. The molecule has 0 aromatic heterocycles. The molecule has 0 aliphatic carbocycles. The summed E-state index contributed by atoms with van der Waals surface area (Å²) in [5, 5.41) is 8.17. The molecular formula is C9H14O. The van der Waals surface area contributed by atoms with Gasteiger partial charge in [-0.05, 0) is 12.5 Å². The Kier molecular flexibility index (Phi) is 7.30. The highest BCUT2D eigenvalue weighted by molar-refractivity contribution is 5.00. The second kappa shape index (κ2) is 8.06. The van der Waals surface area contributed by atoms with E-state index in [9.17, 15) is 0 Å². The lowest BCUT2D eigenvalue weighted by atomic mass is 10.2. The van der Waals surface area contributed by atoms with Crippen molar-refractivity contribution in [3.05, 3.63) is 30.2 Å². The van der Waals surface area contributed by atoms with Crippen molar-refractivity contribution in [1.29, 1.82) is 0 Å². The number of hydrogen-bond donors (Lipinski definition) is 1. The van der Waals surface area contributed by atoms with E-state index < -0.39 is 0 Å². The van der Waals surface area contributed by atoms with Gasteiger partial charge in [0, 0.05) is 0 Å². The maximum Gasteiger partial charge on any atom is 0.121 e. The van der Waals surface area contributed by atoms with Crippen LogP contribution in [0.1, 0.15) is 26.2 Å². The van der Waals surface area contributed by atoms with E-state index in [4.69, 9.17) is 5.11 Å². The van der Waals surface area contributed by atoms with Crippen LogP contribution in [0.25, 0.3) is 0 Å². The highest BCUT2D eigenvalue weighted by Crippen LogP contribution is 1.94. The minimum atomic E-state index is 0.907. The van der Waals surface area contributed by atoms with Gasteiger partial charge in [0.1, 0.15) is 6.26 Å². The number of hydrogen-bond acceptors (Lipinski definition) is 1. The molecule has 0 bridgehead atoms. The summed E-state index contributed by atoms with van der Waals surface area (Å²) in [6.07, 6.45) is 10.1. The molecule has 0 unspecified atom stereocenters. The Morgan fingerprint density at radius 2 is 2.30 bits per heavy atom. The lowest BCUT2D eigenvalue weighted by molar-refractivity contribution is 0.475. The molecule has 0 saturated heterocycles. The Morgan fingerprint density at radius 1 is 1.50 bits per heavy atom. The number of aliphatic hydroxyl groups is 1. The van der Waals surface area contributed by atoms with Crippen molar-refractivity contribution in [3.63, 3.8) is 0 Å². The van der Waals surface area contributed by atoms with Crippen molar-refractivity contribution in [2.75, 3.05) is 0 Å². The minimum Gasteiger partial charge on any atom is -0.507 e. The maximum absolute atomic E-state index is 8.17. The van der Waals surface area contributed by atoms with Crippen LogP contribution in [0, 0.1) is 0 Å². The van der Waals surface area contributed by atoms with Crippen LogP contribution in [-0.2, 0) is 0 Å². The lowest BCUT2D eigenvalue weighted by Crippen LogP contribution is -1.64. The van der Waals surface area contributed by atoms with Crippen LogP contribution in [0.3, 0.4) is 0 Å². The summed E-state index contributed by atoms with van der Waals surface area (Å²) in [6.45, 7) is 2.16. The minimum absolute atomic E-state index is 0.907. The van der Waals surface area contributed by atoms with Gasteiger partial charge in [0.15, 0.2) is 0 Å². The van der Waals surface area contributed by atoms with Gasteiger partial charge in [0.05, 0.1) is 0 Å². The molecule has 0 aliphatic rings. The topological polar surface area (TPSA) is 20.2 Å². The third kappa shape index (κ3) is 7.06. The average molecular weight is 138 g/mol. The van der Waals surface area contributed by atoms with Crippen LogP contribution in [0.5, 0.6) is 0 Å². The van der Waals surface area contributed by atoms with Crippen LogP contribution in [0.4, 0.5) is 0 Å². The highest BCUT2D eigenvalue weighted by atomic mass is 16.2. The molecule has 0 amide bonds. The largest absolute Gasteiger partial charge is 0.507 e. The second-order valence-electron chi connectivity index (χ2n) is 2.03. The van der Waals surface area contributed by atoms with Gasteiger partial charge < -0.3 is 5.11 Å². The van der Waals surface area contributed by atoms with Crippen LogP contribution in [0.2, 0.25) is 0 Å². The predicted octanol–water partition coefficient (Wildman–Crippen LogP) is 2.96. The zero-order valence-corrected chi connectivity index (χ0v) is 6.38. The van der Waals surface area contributed by atoms with Gasteiger partial charge >= 0.3 is 0 Å². The highest BCUT2D eigenvalue weighted by Gasteiger charge is 1.74. The van der Waals surface area contributed by atoms with E-state index >= 15 is 0 Å². The Balaban J connectivity index is 3.29. The number of allylic oxidation sites excluding steroid dienone is 3. The van der Waals surface area contributed by atoms with Gasteiger partial charge in [-0.2, -0.15) is 0 Å². The SMILES string of the molecule is CCCCC=CC=C=CO. The second-order valence-corrected chi connectivity index (χ2v) is 2.03. The van der Waals surface area contributed by atoms with Gasteiger partial charge in [0.25, 0.3) is 0 Å². The third-order valence-corrected chi connectivity index (χ3v) is 1.13. The van der Waals surface area contributed by atoms with Gasteiger partial charge in [0.2, 0.25) is 0 Å². The maximum atomic E-state index is 8.17. The summed E-state index contributed by atoms with van der Waals surface area (Å²) in [5.74, 6) is 0. The number of rotatable bonds is 4. The van der Waals surface area contributed by atoms with Gasteiger partial charge in [-0.3, -0.25) is 0 Å². The fraction of sp³-hybridized carbons (Fsp3) is 0.444. The monoisotopic (exact) mass is 138 g/mol. The Hall–Kier alpha value is -0.940. The fourth-order valence-corrected chi connectivity index (χ4v) is 0.585. The van der Waals surface area contributed by atoms with Crippen LogP contribution < -0.4 is 0 Å². The van der Waals surface area contributed by atoms with Crippen LogP contribution >= 0.6 is 0 Å². The summed E-state index contributed by atoms with van der Waals surface area (Å²) in [5.41, 5.74) is 2.54. The molecule has 0 radical (unpaired) electrons. The first kappa shape index (κ1) is 9.06. The summed E-state index contributed by atoms with van der Waals surface area (Å²) in [7, 11) is 0. The molecule has 1 nitrogen and oxygen atoms in total. The zero-order chi connectivity index (χ0) is 7.66. The number of unbranched alkanes of at least 4 members (excludes halogenated alkanes) is 2. The number of aliphatic hydroxyl groups excluding tert-OH is 1. The average Bonchev–Trinajstić information content (AvgIpc) is 1.97. The molecule has 0 heterocycles. The van der Waals surface area contributed by atoms with Crippen molar-refractivity contribution in [3.8, 4) is 0 Å². The summed E-state index contributed by atoms with van der Waals surface area (Å²) in [4.78, 5) is 0. The molecule has 0 aliphatic heterocycles. The van der Waals surface area contributed by atoms with E-state index in [1.54, 1.807) is 6.08 Å². The molecule has 10 heavy (non-hydrogen) atoms. The first-order chi connectivity index (χ1) is 4.91. The van der Waals surface area contributed by atoms with Gasteiger partial charge in [-0.25, -0.2) is 0 Å². The van der Waals surface area contributed by atoms with Crippen molar-refractivity contribution in [2.24, 2.45) is 0 Å². The summed E-state index contributed by atoms with van der Waals surface area (Å²) in [6, 6.07) is 0. The lowest BCUT2D eigenvalue weighted by Gasteiger charge is -1.84. The molecule has 0 fully saturated rings. The summed E-state index contributed by atoms with van der Waals surface area (Å²) < 4.78 is 0. The molecule has 0 rings (SSSR count). The molecule has 1 N–H and O–H groups in total. The van der Waals surface area contributed by atoms with Gasteiger partial charge in [-0.15, -0.1) is 0 Å². The molecule has 0 atom stereocenters. The molecule has 1 heteroatoms. The van der Waals surface area contributed by atoms with Crippen LogP contribution in [-0.4, -0.2) is 5.11 Å². The molecule has 0 spiro atoms. The first-order valence-electron chi connectivity index (χ1n) is 3.62. The van der Waals surface area contributed by atoms with Crippen molar-refractivity contribution >= 4 is 0 Å². The van der Waals surface area contributed by atoms with E-state index in [0.717, 1.165) is 12.7 Å².